The number of rotatable bonds is 3. The van der Waals surface area contributed by atoms with Crippen LogP contribution in [0.2, 0.25) is 0 Å². The number of carbonyl (C=O) groups excluding carboxylic acids is 1. The van der Waals surface area contributed by atoms with E-state index in [1.807, 2.05) is 0 Å². The van der Waals surface area contributed by atoms with Crippen LogP contribution in [0.3, 0.4) is 0 Å². The summed E-state index contributed by atoms with van der Waals surface area (Å²) in [7, 11) is 0. The van der Waals surface area contributed by atoms with E-state index in [1.54, 1.807) is 19.2 Å². The monoisotopic (exact) mass is 314 g/mol. The number of benzene rings is 1. The normalized spacial score (nSPS) is 10.7. The highest BCUT2D eigenvalue weighted by molar-refractivity contribution is 5.99. The minimum absolute atomic E-state index is 0.0473. The minimum atomic E-state index is -0.718. The molecular formula is C17H12F2N2O2. The number of pyridine rings is 2. The molecule has 116 valence electrons. The van der Waals surface area contributed by atoms with Crippen LogP contribution in [0.15, 0.2) is 42.7 Å². The number of hydrogen-bond donors (Lipinski definition) is 0. The minimum Gasteiger partial charge on any atom is -0.461 e. The topological polar surface area (TPSA) is 52.1 Å². The zero-order valence-corrected chi connectivity index (χ0v) is 12.2. The number of nitrogens with zero attached hydrogens (tertiary/aromatic N) is 2. The van der Waals surface area contributed by atoms with Crippen molar-refractivity contribution in [1.82, 2.24) is 9.97 Å². The molecule has 0 aliphatic carbocycles. The Morgan fingerprint density at radius 2 is 2.00 bits per heavy atom. The van der Waals surface area contributed by atoms with Crippen molar-refractivity contribution in [1.29, 1.82) is 0 Å². The molecule has 0 aliphatic rings. The molecule has 0 amide bonds. The van der Waals surface area contributed by atoms with Crippen molar-refractivity contribution in [3.05, 3.63) is 60.1 Å². The molecule has 2 heterocycles. The van der Waals surface area contributed by atoms with Crippen molar-refractivity contribution in [2.75, 3.05) is 6.61 Å². The van der Waals surface area contributed by atoms with Crippen LogP contribution < -0.4 is 0 Å². The van der Waals surface area contributed by atoms with E-state index in [2.05, 4.69) is 9.97 Å². The van der Waals surface area contributed by atoms with Crippen molar-refractivity contribution >= 4 is 16.9 Å². The van der Waals surface area contributed by atoms with E-state index in [-0.39, 0.29) is 17.9 Å². The maximum absolute atomic E-state index is 14.2. The second kappa shape index (κ2) is 6.08. The molecule has 0 radical (unpaired) electrons. The zero-order valence-electron chi connectivity index (χ0n) is 12.2. The summed E-state index contributed by atoms with van der Waals surface area (Å²) in [5, 5.41) is 0.610. The first-order valence-corrected chi connectivity index (χ1v) is 6.97. The third-order valence-corrected chi connectivity index (χ3v) is 3.32. The van der Waals surface area contributed by atoms with Crippen molar-refractivity contribution in [3.63, 3.8) is 0 Å². The predicted molar refractivity (Wildman–Crippen MR) is 80.8 cm³/mol. The molecule has 0 N–H and O–H groups in total. The highest BCUT2D eigenvalue weighted by Crippen LogP contribution is 2.30. The fourth-order valence-corrected chi connectivity index (χ4v) is 2.32. The van der Waals surface area contributed by atoms with Gasteiger partial charge in [0.15, 0.2) is 0 Å². The van der Waals surface area contributed by atoms with Crippen LogP contribution in [0.25, 0.3) is 22.0 Å². The molecule has 0 spiro atoms. The summed E-state index contributed by atoms with van der Waals surface area (Å²) in [6, 6.07) is 6.39. The van der Waals surface area contributed by atoms with E-state index in [0.717, 1.165) is 12.1 Å². The number of ether oxygens (including phenoxy) is 1. The standard InChI is InChI=1S/C17H12F2N2O2/c1-2-23-17(22)15-8-13(11-4-3-10(18)7-14(11)19)12-5-6-20-9-16(12)21-15/h3-9H,2H2,1H3. The number of fused-ring (bicyclic) bond motifs is 1. The van der Waals surface area contributed by atoms with Gasteiger partial charge in [-0.1, -0.05) is 0 Å². The molecule has 4 nitrogen and oxygen atoms in total. The first-order valence-electron chi connectivity index (χ1n) is 6.97. The van der Waals surface area contributed by atoms with Crippen LogP contribution in [0.4, 0.5) is 8.78 Å². The summed E-state index contributed by atoms with van der Waals surface area (Å²) in [5.41, 5.74) is 1.08. The maximum atomic E-state index is 14.2. The summed E-state index contributed by atoms with van der Waals surface area (Å²) in [4.78, 5) is 20.1. The quantitative estimate of drug-likeness (QED) is 0.691. The van der Waals surface area contributed by atoms with Crippen molar-refractivity contribution < 1.29 is 18.3 Å². The first kappa shape index (κ1) is 15.0. The summed E-state index contributed by atoms with van der Waals surface area (Å²) >= 11 is 0. The summed E-state index contributed by atoms with van der Waals surface area (Å²) < 4.78 is 32.2. The smallest absolute Gasteiger partial charge is 0.356 e. The molecule has 0 saturated carbocycles. The third-order valence-electron chi connectivity index (χ3n) is 3.32. The molecule has 3 aromatic rings. The Hall–Kier alpha value is -2.89. The molecule has 0 saturated heterocycles. The van der Waals surface area contributed by atoms with Gasteiger partial charge in [-0.15, -0.1) is 0 Å². The fourth-order valence-electron chi connectivity index (χ4n) is 2.32. The number of hydrogen-bond acceptors (Lipinski definition) is 4. The van der Waals surface area contributed by atoms with Gasteiger partial charge in [0.25, 0.3) is 0 Å². The first-order chi connectivity index (χ1) is 11.1. The van der Waals surface area contributed by atoms with Gasteiger partial charge in [-0.3, -0.25) is 4.98 Å². The molecule has 0 atom stereocenters. The Morgan fingerprint density at radius 3 is 2.74 bits per heavy atom. The van der Waals surface area contributed by atoms with Gasteiger partial charge < -0.3 is 4.74 Å². The lowest BCUT2D eigenvalue weighted by Crippen LogP contribution is -2.08. The van der Waals surface area contributed by atoms with Gasteiger partial charge in [-0.2, -0.15) is 0 Å². The van der Waals surface area contributed by atoms with Gasteiger partial charge in [-0.05, 0) is 36.8 Å². The average Bonchev–Trinajstić information content (AvgIpc) is 2.54. The summed E-state index contributed by atoms with van der Waals surface area (Å²) in [6.45, 7) is 1.88. The zero-order chi connectivity index (χ0) is 16.4. The molecule has 6 heteroatoms. The molecule has 2 aromatic heterocycles. The van der Waals surface area contributed by atoms with Crippen molar-refractivity contribution in [3.8, 4) is 11.1 Å². The van der Waals surface area contributed by atoms with Gasteiger partial charge in [0.2, 0.25) is 0 Å². The molecule has 0 fully saturated rings. The molecule has 1 aromatic carbocycles. The van der Waals surface area contributed by atoms with Crippen LogP contribution in [0, 0.1) is 11.6 Å². The van der Waals surface area contributed by atoms with Gasteiger partial charge >= 0.3 is 5.97 Å². The molecule has 0 bridgehead atoms. The Bertz CT molecular complexity index is 897. The Morgan fingerprint density at radius 1 is 1.17 bits per heavy atom. The molecule has 0 aliphatic heterocycles. The van der Waals surface area contributed by atoms with Crippen molar-refractivity contribution in [2.24, 2.45) is 0 Å². The largest absolute Gasteiger partial charge is 0.461 e. The highest BCUT2D eigenvalue weighted by atomic mass is 19.1. The van der Waals surface area contributed by atoms with E-state index in [0.29, 0.717) is 16.5 Å². The van der Waals surface area contributed by atoms with Crippen LogP contribution in [-0.4, -0.2) is 22.5 Å². The SMILES string of the molecule is CCOC(=O)c1cc(-c2ccc(F)cc2F)c2ccncc2n1. The van der Waals surface area contributed by atoms with E-state index < -0.39 is 17.6 Å². The fraction of sp³-hybridized carbons (Fsp3) is 0.118. The van der Waals surface area contributed by atoms with E-state index in [1.165, 1.54) is 18.3 Å². The van der Waals surface area contributed by atoms with E-state index in [4.69, 9.17) is 4.74 Å². The molecule has 3 rings (SSSR count). The van der Waals surface area contributed by atoms with E-state index >= 15 is 0 Å². The second-order valence-electron chi connectivity index (χ2n) is 4.79. The van der Waals surface area contributed by atoms with Gasteiger partial charge in [0, 0.05) is 23.2 Å². The third kappa shape index (κ3) is 2.88. The molecule has 0 unspecified atom stereocenters. The lowest BCUT2D eigenvalue weighted by Gasteiger charge is -2.10. The Balaban J connectivity index is 2.27. The second-order valence-corrected chi connectivity index (χ2v) is 4.79. The van der Waals surface area contributed by atoms with Crippen molar-refractivity contribution in [2.45, 2.75) is 6.92 Å². The van der Waals surface area contributed by atoms with Gasteiger partial charge in [0.05, 0.1) is 18.3 Å². The van der Waals surface area contributed by atoms with E-state index in [9.17, 15) is 13.6 Å². The number of aromatic nitrogens is 2. The number of carbonyl (C=O) groups is 1. The Labute approximate surface area is 130 Å². The summed E-state index contributed by atoms with van der Waals surface area (Å²) in [6.07, 6.45) is 3.02. The number of esters is 1. The predicted octanol–water partition coefficient (Wildman–Crippen LogP) is 3.75. The van der Waals surface area contributed by atoms with Crippen LogP contribution in [0.1, 0.15) is 17.4 Å². The maximum Gasteiger partial charge on any atom is 0.356 e. The molecule has 23 heavy (non-hydrogen) atoms. The van der Waals surface area contributed by atoms with Crippen LogP contribution in [0.5, 0.6) is 0 Å². The van der Waals surface area contributed by atoms with Crippen LogP contribution >= 0.6 is 0 Å². The highest BCUT2D eigenvalue weighted by Gasteiger charge is 2.16. The van der Waals surface area contributed by atoms with Gasteiger partial charge in [0.1, 0.15) is 17.3 Å². The lowest BCUT2D eigenvalue weighted by atomic mass is 10.0. The van der Waals surface area contributed by atoms with Crippen LogP contribution in [-0.2, 0) is 4.74 Å². The van der Waals surface area contributed by atoms with Gasteiger partial charge in [-0.25, -0.2) is 18.6 Å². The summed E-state index contributed by atoms with van der Waals surface area (Å²) in [5.74, 6) is -2.00. The molecular weight excluding hydrogens is 302 g/mol. The Kier molecular flexibility index (Phi) is 3.97. The number of halogens is 2. The average molecular weight is 314 g/mol. The lowest BCUT2D eigenvalue weighted by molar-refractivity contribution is 0.0520.